The molecule has 3 heteroatoms. The Morgan fingerprint density at radius 3 is 2.28 bits per heavy atom. The van der Waals surface area contributed by atoms with Crippen molar-refractivity contribution in [1.29, 1.82) is 0 Å². The molecular formula is C26H23IrN2-. The second-order valence-electron chi connectivity index (χ2n) is 8.02. The third kappa shape index (κ3) is 3.01. The van der Waals surface area contributed by atoms with Crippen molar-refractivity contribution >= 4 is 27.3 Å². The molecule has 0 aliphatic carbocycles. The van der Waals surface area contributed by atoms with E-state index in [0.29, 0.717) is 0 Å². The summed E-state index contributed by atoms with van der Waals surface area (Å²) in [6.07, 6.45) is 2.15. The van der Waals surface area contributed by atoms with Crippen LogP contribution in [0.2, 0.25) is 0 Å². The van der Waals surface area contributed by atoms with Crippen molar-refractivity contribution in [2.24, 2.45) is 0 Å². The monoisotopic (exact) mass is 556 g/mol. The van der Waals surface area contributed by atoms with Crippen LogP contribution in [0.15, 0.2) is 48.7 Å². The first-order valence-corrected chi connectivity index (χ1v) is 9.74. The van der Waals surface area contributed by atoms with Gasteiger partial charge in [0.25, 0.3) is 0 Å². The molecule has 3 aromatic carbocycles. The van der Waals surface area contributed by atoms with Gasteiger partial charge in [0.2, 0.25) is 0 Å². The number of imidazole rings is 1. The van der Waals surface area contributed by atoms with Gasteiger partial charge in [-0.05, 0) is 55.8 Å². The summed E-state index contributed by atoms with van der Waals surface area (Å²) in [7, 11) is 0. The first-order chi connectivity index (χ1) is 13.4. The van der Waals surface area contributed by atoms with Gasteiger partial charge in [-0.15, -0.1) is 29.1 Å². The number of fused-ring (bicyclic) bond motifs is 6. The Labute approximate surface area is 184 Å². The van der Waals surface area contributed by atoms with Crippen LogP contribution in [-0.2, 0) is 20.1 Å². The summed E-state index contributed by atoms with van der Waals surface area (Å²) in [6.45, 7) is 10.8. The Morgan fingerprint density at radius 1 is 0.862 bits per heavy atom. The van der Waals surface area contributed by atoms with Gasteiger partial charge < -0.3 is 4.40 Å². The predicted molar refractivity (Wildman–Crippen MR) is 118 cm³/mol. The number of benzene rings is 3. The molecule has 0 amide bonds. The van der Waals surface area contributed by atoms with Crippen LogP contribution in [-0.4, -0.2) is 9.38 Å². The molecule has 0 aliphatic heterocycles. The minimum atomic E-state index is 0. The van der Waals surface area contributed by atoms with Crippen molar-refractivity contribution in [2.75, 3.05) is 0 Å². The molecule has 0 N–H and O–H groups in total. The van der Waals surface area contributed by atoms with Crippen LogP contribution in [0.5, 0.6) is 0 Å². The van der Waals surface area contributed by atoms with Crippen LogP contribution in [0.25, 0.3) is 38.4 Å². The molecule has 0 bridgehead atoms. The Balaban J connectivity index is 0.00000205. The minimum Gasteiger partial charge on any atom is -0.339 e. The first kappa shape index (κ1) is 19.8. The normalized spacial score (nSPS) is 11.3. The van der Waals surface area contributed by atoms with Crippen molar-refractivity contribution in [3.63, 3.8) is 0 Å². The predicted octanol–water partition coefficient (Wildman–Crippen LogP) is 6.65. The summed E-state index contributed by atoms with van der Waals surface area (Å²) in [4.78, 5) is 4.85. The van der Waals surface area contributed by atoms with Gasteiger partial charge in [-0.3, -0.25) is 4.98 Å². The smallest absolute Gasteiger partial charge is 0.0612 e. The van der Waals surface area contributed by atoms with E-state index in [9.17, 15) is 0 Å². The number of aryl methyl sites for hydroxylation is 5. The largest absolute Gasteiger partial charge is 0.339 e. The van der Waals surface area contributed by atoms with E-state index in [1.807, 2.05) is 0 Å². The molecule has 0 unspecified atom stereocenters. The Kier molecular flexibility index (Phi) is 4.85. The fourth-order valence-electron chi connectivity index (χ4n) is 4.52. The maximum atomic E-state index is 4.85. The van der Waals surface area contributed by atoms with Crippen LogP contribution in [0.1, 0.15) is 27.9 Å². The van der Waals surface area contributed by atoms with Crippen LogP contribution in [0.3, 0.4) is 0 Å². The van der Waals surface area contributed by atoms with Gasteiger partial charge in [0.1, 0.15) is 0 Å². The van der Waals surface area contributed by atoms with Crippen molar-refractivity contribution in [2.45, 2.75) is 34.6 Å². The van der Waals surface area contributed by atoms with Crippen LogP contribution < -0.4 is 0 Å². The number of pyridine rings is 1. The van der Waals surface area contributed by atoms with Crippen molar-refractivity contribution in [1.82, 2.24) is 9.38 Å². The maximum absolute atomic E-state index is 4.85. The molecular weight excluding hydrogens is 533 g/mol. The molecule has 0 saturated carbocycles. The molecule has 5 aromatic rings. The Morgan fingerprint density at radius 2 is 1.55 bits per heavy atom. The summed E-state index contributed by atoms with van der Waals surface area (Å²) in [5, 5.41) is 3.58. The molecule has 29 heavy (non-hydrogen) atoms. The summed E-state index contributed by atoms with van der Waals surface area (Å²) < 4.78 is 2.26. The average Bonchev–Trinajstić information content (AvgIpc) is 3.02. The number of nitrogens with zero attached hydrogens (tertiary/aromatic N) is 2. The molecule has 0 aliphatic rings. The molecule has 147 valence electrons. The van der Waals surface area contributed by atoms with Crippen molar-refractivity contribution < 1.29 is 20.1 Å². The third-order valence-corrected chi connectivity index (χ3v) is 5.67. The SMILES string of the molecule is Cc1c[c-]c2c(c1)c1cc(C)cc(-c3c(C)cccc3C)c1n1cc(C)nc21.[Ir]. The summed E-state index contributed by atoms with van der Waals surface area (Å²) in [5.74, 6) is 0. The molecule has 0 spiro atoms. The van der Waals surface area contributed by atoms with Gasteiger partial charge in [-0.25, -0.2) is 0 Å². The van der Waals surface area contributed by atoms with Gasteiger partial charge >= 0.3 is 0 Å². The van der Waals surface area contributed by atoms with Crippen LogP contribution in [0.4, 0.5) is 0 Å². The number of hydrogen-bond acceptors (Lipinski definition) is 1. The van der Waals surface area contributed by atoms with Gasteiger partial charge in [-0.1, -0.05) is 42.1 Å². The number of rotatable bonds is 1. The molecule has 0 atom stereocenters. The minimum absolute atomic E-state index is 0. The zero-order valence-corrected chi connectivity index (χ0v) is 19.7. The number of aromatic nitrogens is 2. The third-order valence-electron chi connectivity index (χ3n) is 5.67. The maximum Gasteiger partial charge on any atom is 0.0612 e. The van der Waals surface area contributed by atoms with E-state index in [-0.39, 0.29) is 20.1 Å². The van der Waals surface area contributed by atoms with Crippen molar-refractivity contribution in [3.8, 4) is 11.1 Å². The number of hydrogen-bond donors (Lipinski definition) is 0. The summed E-state index contributed by atoms with van der Waals surface area (Å²) >= 11 is 0. The van der Waals surface area contributed by atoms with E-state index >= 15 is 0 Å². The summed E-state index contributed by atoms with van der Waals surface area (Å²) in [6, 6.07) is 19.0. The van der Waals surface area contributed by atoms with E-state index < -0.39 is 0 Å². The first-order valence-electron chi connectivity index (χ1n) is 9.74. The van der Waals surface area contributed by atoms with Gasteiger partial charge in [-0.2, -0.15) is 0 Å². The second kappa shape index (κ2) is 7.09. The molecule has 0 saturated heterocycles. The van der Waals surface area contributed by atoms with E-state index in [1.54, 1.807) is 0 Å². The molecule has 0 fully saturated rings. The molecule has 2 aromatic heterocycles. The van der Waals surface area contributed by atoms with Gasteiger partial charge in [0.15, 0.2) is 0 Å². The molecule has 1 radical (unpaired) electrons. The summed E-state index contributed by atoms with van der Waals surface area (Å²) in [5.41, 5.74) is 10.9. The van der Waals surface area contributed by atoms with Gasteiger partial charge in [0.05, 0.1) is 5.65 Å². The fourth-order valence-corrected chi connectivity index (χ4v) is 4.52. The second-order valence-corrected chi connectivity index (χ2v) is 8.02. The Bertz CT molecular complexity index is 1390. The van der Waals surface area contributed by atoms with E-state index in [2.05, 4.69) is 93.7 Å². The standard InChI is InChI=1S/C26H23N2.Ir/c1-15-9-10-20-21(11-15)22-12-16(2)13-23(24-17(3)7-6-8-18(24)4)25(22)28-14-19(5)27-26(20)28;/h6-9,11-14H,1-5H3;/q-1;. The van der Waals surface area contributed by atoms with E-state index in [4.69, 9.17) is 4.98 Å². The van der Waals surface area contributed by atoms with E-state index in [0.717, 1.165) is 16.7 Å². The molecule has 5 rings (SSSR count). The quantitative estimate of drug-likeness (QED) is 0.167. The average molecular weight is 556 g/mol. The van der Waals surface area contributed by atoms with Gasteiger partial charge in [0, 0.05) is 43.1 Å². The molecule has 2 nitrogen and oxygen atoms in total. The van der Waals surface area contributed by atoms with Crippen LogP contribution in [0, 0.1) is 40.7 Å². The topological polar surface area (TPSA) is 17.3 Å². The van der Waals surface area contributed by atoms with E-state index in [1.165, 1.54) is 49.7 Å². The van der Waals surface area contributed by atoms with Crippen LogP contribution >= 0.6 is 0 Å². The molecule has 2 heterocycles. The fraction of sp³-hybridized carbons (Fsp3) is 0.192. The zero-order chi connectivity index (χ0) is 19.6. The van der Waals surface area contributed by atoms with Crippen molar-refractivity contribution in [3.05, 3.63) is 82.7 Å². The zero-order valence-electron chi connectivity index (χ0n) is 17.3. The Hall–Kier alpha value is -2.48.